The van der Waals surface area contributed by atoms with E-state index in [9.17, 15) is 9.59 Å². The number of anilines is 1. The molecule has 28 heavy (non-hydrogen) atoms. The van der Waals surface area contributed by atoms with Gasteiger partial charge in [-0.3, -0.25) is 14.6 Å². The van der Waals surface area contributed by atoms with Gasteiger partial charge in [-0.15, -0.1) is 0 Å². The van der Waals surface area contributed by atoms with Crippen molar-refractivity contribution in [1.29, 1.82) is 0 Å². The first-order chi connectivity index (χ1) is 13.4. The zero-order chi connectivity index (χ0) is 20.1. The second kappa shape index (κ2) is 7.18. The number of nitrogens with zero attached hydrogens (tertiary/aromatic N) is 2. The summed E-state index contributed by atoms with van der Waals surface area (Å²) in [6, 6.07) is 9.44. The molecule has 0 aromatic heterocycles. The van der Waals surface area contributed by atoms with Gasteiger partial charge in [-0.05, 0) is 37.3 Å². The summed E-state index contributed by atoms with van der Waals surface area (Å²) in [4.78, 5) is 29.3. The molecule has 1 aromatic carbocycles. The van der Waals surface area contributed by atoms with Crippen LogP contribution in [0.2, 0.25) is 0 Å². The quantitative estimate of drug-likeness (QED) is 0.804. The minimum atomic E-state index is -0.0117. The van der Waals surface area contributed by atoms with E-state index in [1.54, 1.807) is 0 Å². The Morgan fingerprint density at radius 3 is 2.36 bits per heavy atom. The van der Waals surface area contributed by atoms with E-state index in [1.165, 1.54) is 5.56 Å². The smallest absolute Gasteiger partial charge is 0.322 e. The lowest BCUT2D eigenvalue weighted by atomic mass is 9.71. The highest BCUT2D eigenvalue weighted by Gasteiger charge is 2.49. The zero-order valence-corrected chi connectivity index (χ0v) is 17.6. The average molecular weight is 384 g/mol. The lowest BCUT2D eigenvalue weighted by Crippen LogP contribution is -2.65. The number of urea groups is 1. The van der Waals surface area contributed by atoms with Crippen LogP contribution in [0.25, 0.3) is 0 Å². The van der Waals surface area contributed by atoms with E-state index in [1.807, 2.05) is 24.8 Å². The van der Waals surface area contributed by atoms with Crippen molar-refractivity contribution in [3.63, 3.8) is 0 Å². The zero-order valence-electron chi connectivity index (χ0n) is 17.6. The van der Waals surface area contributed by atoms with Gasteiger partial charge in [0.25, 0.3) is 0 Å². The first-order valence-electron chi connectivity index (χ1n) is 10.9. The van der Waals surface area contributed by atoms with Crippen LogP contribution in [0.15, 0.2) is 24.3 Å². The van der Waals surface area contributed by atoms with Gasteiger partial charge in [-0.2, -0.15) is 0 Å². The van der Waals surface area contributed by atoms with E-state index in [0.29, 0.717) is 24.4 Å². The fourth-order valence-electron chi connectivity index (χ4n) is 5.77. The van der Waals surface area contributed by atoms with Gasteiger partial charge in [0, 0.05) is 41.7 Å². The molecule has 152 valence electrons. The van der Waals surface area contributed by atoms with Gasteiger partial charge in [0.1, 0.15) is 5.78 Å². The van der Waals surface area contributed by atoms with E-state index < -0.39 is 0 Å². The minimum absolute atomic E-state index is 0.0117. The number of ketones is 1. The van der Waals surface area contributed by atoms with Crippen LogP contribution >= 0.6 is 0 Å². The summed E-state index contributed by atoms with van der Waals surface area (Å²) in [6.07, 6.45) is 3.93. The van der Waals surface area contributed by atoms with Crippen molar-refractivity contribution in [2.24, 2.45) is 5.92 Å². The molecular formula is C23H33N3O2. The van der Waals surface area contributed by atoms with Gasteiger partial charge in [0.15, 0.2) is 0 Å². The Bertz CT molecular complexity index is 759. The summed E-state index contributed by atoms with van der Waals surface area (Å²) in [5, 5.41) is 3.31. The number of piperidine rings is 4. The Morgan fingerprint density at radius 1 is 1.07 bits per heavy atom. The molecule has 2 amide bonds. The molecule has 5 aliphatic rings. The van der Waals surface area contributed by atoms with Gasteiger partial charge < -0.3 is 5.32 Å². The fraction of sp³-hybridized carbons (Fsp3) is 0.652. The summed E-state index contributed by atoms with van der Waals surface area (Å²) in [5.41, 5.74) is 2.28. The number of Topliss-reactive ketones (excluding diaryl/α,β-unsaturated/α-hetero) is 1. The predicted molar refractivity (Wildman–Crippen MR) is 112 cm³/mol. The SMILES string of the molecule is CC.CC1(C)CN(C(=O)NC2CC3C[C@H]4C[C@H](C2)N3CC4=O)c2ccccc21. The maximum Gasteiger partial charge on any atom is 0.322 e. The van der Waals surface area contributed by atoms with E-state index in [-0.39, 0.29) is 23.4 Å². The summed E-state index contributed by atoms with van der Waals surface area (Å²) >= 11 is 0. The van der Waals surface area contributed by atoms with Gasteiger partial charge in [0.2, 0.25) is 0 Å². The van der Waals surface area contributed by atoms with Crippen molar-refractivity contribution < 1.29 is 9.59 Å². The number of hydrogen-bond acceptors (Lipinski definition) is 3. The molecule has 0 radical (unpaired) electrons. The van der Waals surface area contributed by atoms with Crippen LogP contribution in [0.4, 0.5) is 10.5 Å². The van der Waals surface area contributed by atoms with Crippen LogP contribution in [0.1, 0.15) is 58.9 Å². The average Bonchev–Trinajstić information content (AvgIpc) is 2.95. The van der Waals surface area contributed by atoms with Crippen molar-refractivity contribution in [2.75, 3.05) is 18.0 Å². The van der Waals surface area contributed by atoms with Gasteiger partial charge in [-0.25, -0.2) is 4.79 Å². The maximum atomic E-state index is 13.0. The predicted octanol–water partition coefficient (Wildman–Crippen LogP) is 3.71. The highest BCUT2D eigenvalue weighted by Crippen LogP contribution is 2.42. The Labute approximate surface area is 168 Å². The largest absolute Gasteiger partial charge is 0.335 e. The number of nitrogens with one attached hydrogen (secondary N) is 1. The van der Waals surface area contributed by atoms with Gasteiger partial charge >= 0.3 is 6.03 Å². The van der Waals surface area contributed by atoms with E-state index in [0.717, 1.165) is 37.9 Å². The van der Waals surface area contributed by atoms with Gasteiger partial charge in [0.05, 0.1) is 6.54 Å². The second-order valence-electron chi connectivity index (χ2n) is 9.22. The van der Waals surface area contributed by atoms with E-state index >= 15 is 0 Å². The molecule has 1 aromatic rings. The molecule has 4 bridgehead atoms. The Balaban J connectivity index is 0.000000932. The molecule has 4 saturated heterocycles. The monoisotopic (exact) mass is 383 g/mol. The standard InChI is InChI=1S/C21H27N3O2.C2H6/c1-21(2)12-24(18-6-4-3-5-17(18)21)20(26)22-14-9-15-7-13-8-16(10-14)23(15)11-19(13)25;1-2/h3-6,13-16H,7-12H2,1-2H3,(H,22,26);1-2H3/t13-,14?,15-,16?;/m1./s1. The fourth-order valence-corrected chi connectivity index (χ4v) is 5.77. The maximum absolute atomic E-state index is 13.0. The summed E-state index contributed by atoms with van der Waals surface area (Å²) in [7, 11) is 0. The van der Waals surface area contributed by atoms with Crippen molar-refractivity contribution in [3.05, 3.63) is 29.8 Å². The molecule has 5 heteroatoms. The highest BCUT2D eigenvalue weighted by molar-refractivity contribution is 5.95. The van der Waals surface area contributed by atoms with Crippen LogP contribution < -0.4 is 10.2 Å². The summed E-state index contributed by atoms with van der Waals surface area (Å²) in [6.45, 7) is 9.76. The molecule has 5 nitrogen and oxygen atoms in total. The van der Waals surface area contributed by atoms with Gasteiger partial charge in [-0.1, -0.05) is 45.9 Å². The third kappa shape index (κ3) is 3.14. The van der Waals surface area contributed by atoms with E-state index in [2.05, 4.69) is 42.3 Å². The number of para-hydroxylation sites is 1. The minimum Gasteiger partial charge on any atom is -0.335 e. The van der Waals surface area contributed by atoms with Crippen LogP contribution in [0.5, 0.6) is 0 Å². The molecule has 5 atom stereocenters. The Hall–Kier alpha value is -1.88. The van der Waals surface area contributed by atoms with Crippen LogP contribution in [-0.4, -0.2) is 47.9 Å². The number of amides is 2. The van der Waals surface area contributed by atoms with Crippen molar-refractivity contribution in [1.82, 2.24) is 10.2 Å². The number of carbonyl (C=O) groups is 2. The van der Waals surface area contributed by atoms with Crippen molar-refractivity contribution >= 4 is 17.5 Å². The second-order valence-corrected chi connectivity index (χ2v) is 9.22. The van der Waals surface area contributed by atoms with Crippen molar-refractivity contribution in [3.8, 4) is 0 Å². The van der Waals surface area contributed by atoms with Crippen LogP contribution in [-0.2, 0) is 10.2 Å². The normalized spacial score (nSPS) is 34.4. The summed E-state index contributed by atoms with van der Waals surface area (Å²) in [5.74, 6) is 0.703. The Kier molecular flexibility index (Phi) is 4.98. The molecule has 0 saturated carbocycles. The molecule has 5 heterocycles. The number of carbonyl (C=O) groups excluding carboxylic acids is 2. The molecule has 5 aliphatic heterocycles. The highest BCUT2D eigenvalue weighted by atomic mass is 16.2. The first kappa shape index (κ1) is 19.4. The molecule has 1 N–H and O–H groups in total. The number of rotatable bonds is 1. The molecular weight excluding hydrogens is 350 g/mol. The molecule has 4 fully saturated rings. The Morgan fingerprint density at radius 2 is 1.71 bits per heavy atom. The third-order valence-corrected chi connectivity index (χ3v) is 7.01. The first-order valence-corrected chi connectivity index (χ1v) is 10.9. The molecule has 0 spiro atoms. The molecule has 0 aliphatic carbocycles. The number of fused-ring (bicyclic) bond motifs is 2. The van der Waals surface area contributed by atoms with Crippen LogP contribution in [0, 0.1) is 5.92 Å². The lowest BCUT2D eigenvalue weighted by Gasteiger charge is -2.54. The van der Waals surface area contributed by atoms with Crippen molar-refractivity contribution in [2.45, 2.75) is 76.9 Å². The molecule has 6 rings (SSSR count). The number of benzene rings is 1. The van der Waals surface area contributed by atoms with Crippen LogP contribution in [0.3, 0.4) is 0 Å². The topological polar surface area (TPSA) is 52.7 Å². The number of hydrogen-bond donors (Lipinski definition) is 1. The summed E-state index contributed by atoms with van der Waals surface area (Å²) < 4.78 is 0. The lowest BCUT2D eigenvalue weighted by molar-refractivity contribution is -0.141. The third-order valence-electron chi connectivity index (χ3n) is 7.01. The molecule has 3 unspecified atom stereocenters. The van der Waals surface area contributed by atoms with E-state index in [4.69, 9.17) is 0 Å².